The zero-order valence-electron chi connectivity index (χ0n) is 10.9. The molecule has 0 aromatic rings. The van der Waals surface area contributed by atoms with Crippen molar-refractivity contribution in [1.29, 1.82) is 0 Å². The summed E-state index contributed by atoms with van der Waals surface area (Å²) in [7, 11) is 2.79. The van der Waals surface area contributed by atoms with E-state index in [1.165, 1.54) is 62.2 Å². The lowest BCUT2D eigenvalue weighted by Gasteiger charge is -2.13. The maximum absolute atomic E-state index is 2.34. The minimum absolute atomic E-state index is 0.0897. The van der Waals surface area contributed by atoms with Gasteiger partial charge in [0, 0.05) is 25.9 Å². The Balaban J connectivity index is 3.49. The standard InChI is InChI=1S/C12H27Si3/c1-4-7-10-13-14-15(11-8-5-2)12-9-6-3/h4-12H2,1-3H3. The van der Waals surface area contributed by atoms with E-state index >= 15 is 0 Å². The summed E-state index contributed by atoms with van der Waals surface area (Å²) in [6.45, 7) is 6.98. The normalized spacial score (nSPS) is 11.2. The predicted octanol–water partition coefficient (Wildman–Crippen LogP) is 4.12. The Kier molecular flexibility index (Phi) is 13.3. The van der Waals surface area contributed by atoms with Crippen LogP contribution in [0.1, 0.15) is 59.3 Å². The summed E-state index contributed by atoms with van der Waals surface area (Å²) in [4.78, 5) is 0. The van der Waals surface area contributed by atoms with Gasteiger partial charge in [0.1, 0.15) is 0 Å². The Hall–Kier alpha value is 0.651. The molecule has 0 rings (SSSR count). The van der Waals surface area contributed by atoms with Crippen LogP contribution in [0.25, 0.3) is 0 Å². The van der Waals surface area contributed by atoms with Crippen molar-refractivity contribution in [3.8, 4) is 0 Å². The Labute approximate surface area is 103 Å². The van der Waals surface area contributed by atoms with Gasteiger partial charge in [-0.25, -0.2) is 0 Å². The van der Waals surface area contributed by atoms with E-state index in [1.54, 1.807) is 12.1 Å². The summed E-state index contributed by atoms with van der Waals surface area (Å²) in [5.74, 6) is 0. The van der Waals surface area contributed by atoms with Crippen LogP contribution < -0.4 is 0 Å². The highest BCUT2D eigenvalue weighted by molar-refractivity contribution is 7.35. The first-order valence-electron chi connectivity index (χ1n) is 6.68. The minimum atomic E-state index is 0.0897. The molecule has 0 heterocycles. The fraction of sp³-hybridized carbons (Fsp3) is 1.00. The lowest BCUT2D eigenvalue weighted by Crippen LogP contribution is -2.27. The van der Waals surface area contributed by atoms with Crippen LogP contribution >= 0.6 is 0 Å². The molecule has 0 aliphatic carbocycles. The second kappa shape index (κ2) is 12.7. The van der Waals surface area contributed by atoms with Crippen molar-refractivity contribution < 1.29 is 0 Å². The first-order chi connectivity index (χ1) is 7.35. The molecule has 0 saturated carbocycles. The Bertz CT molecular complexity index is 109. The molecule has 0 amide bonds. The average Bonchev–Trinajstić information content (AvgIpc) is 2.27. The van der Waals surface area contributed by atoms with Gasteiger partial charge in [0.2, 0.25) is 0 Å². The van der Waals surface area contributed by atoms with E-state index in [9.17, 15) is 0 Å². The van der Waals surface area contributed by atoms with E-state index in [1.807, 2.05) is 0 Å². The number of hydrogen-bond acceptors (Lipinski definition) is 0. The largest absolute Gasteiger partial charge is 0.0654 e. The summed E-state index contributed by atoms with van der Waals surface area (Å²) in [6, 6.07) is 4.75. The van der Waals surface area contributed by atoms with Gasteiger partial charge < -0.3 is 0 Å². The van der Waals surface area contributed by atoms with Gasteiger partial charge in [0.05, 0.1) is 0 Å². The van der Waals surface area contributed by atoms with E-state index in [0.717, 1.165) is 0 Å². The molecular weight excluding hydrogens is 228 g/mol. The van der Waals surface area contributed by atoms with Crippen LogP contribution in [0.2, 0.25) is 18.1 Å². The first-order valence-corrected chi connectivity index (χ1v) is 12.8. The molecule has 3 heteroatoms. The Morgan fingerprint density at radius 1 is 0.800 bits per heavy atom. The molecule has 0 aromatic carbocycles. The lowest BCUT2D eigenvalue weighted by atomic mass is 10.4. The average molecular weight is 256 g/mol. The SMILES string of the molecule is CCCC[Si][Si][Si](CCCC)CCCC. The van der Waals surface area contributed by atoms with Crippen LogP contribution in [0.4, 0.5) is 0 Å². The molecule has 0 aliphatic rings. The van der Waals surface area contributed by atoms with Crippen molar-refractivity contribution in [2.45, 2.75) is 77.4 Å². The molecule has 0 N–H and O–H groups in total. The van der Waals surface area contributed by atoms with Gasteiger partial charge in [-0.1, -0.05) is 77.4 Å². The van der Waals surface area contributed by atoms with Crippen molar-refractivity contribution in [3.63, 3.8) is 0 Å². The van der Waals surface area contributed by atoms with Gasteiger partial charge in [-0.3, -0.25) is 0 Å². The highest BCUT2D eigenvalue weighted by atomic mass is 29.5. The van der Waals surface area contributed by atoms with E-state index in [2.05, 4.69) is 20.8 Å². The summed E-state index contributed by atoms with van der Waals surface area (Å²) in [6.07, 6.45) is 8.68. The number of unbranched alkanes of at least 4 members (excludes halogenated alkanes) is 3. The quantitative estimate of drug-likeness (QED) is 0.385. The second-order valence-corrected chi connectivity index (χ2v) is 13.7. The molecule has 15 heavy (non-hydrogen) atoms. The van der Waals surface area contributed by atoms with Gasteiger partial charge in [-0.15, -0.1) is 0 Å². The van der Waals surface area contributed by atoms with Gasteiger partial charge in [0.25, 0.3) is 0 Å². The maximum Gasteiger partial charge on any atom is 0.0306 e. The Morgan fingerprint density at radius 2 is 1.33 bits per heavy atom. The van der Waals surface area contributed by atoms with Crippen LogP contribution in [0.15, 0.2) is 0 Å². The van der Waals surface area contributed by atoms with E-state index in [-0.39, 0.29) is 8.31 Å². The smallest absolute Gasteiger partial charge is 0.0306 e. The molecule has 0 spiro atoms. The zero-order valence-corrected chi connectivity index (χ0v) is 13.9. The molecule has 0 aromatic heterocycles. The molecule has 0 bridgehead atoms. The third kappa shape index (κ3) is 10.9. The summed E-state index contributed by atoms with van der Waals surface area (Å²) in [5.41, 5.74) is 0. The van der Waals surface area contributed by atoms with Crippen LogP contribution in [0.5, 0.6) is 0 Å². The van der Waals surface area contributed by atoms with E-state index in [4.69, 9.17) is 0 Å². The maximum atomic E-state index is 2.34. The van der Waals surface area contributed by atoms with Crippen LogP contribution in [0.3, 0.4) is 0 Å². The van der Waals surface area contributed by atoms with E-state index in [0.29, 0.717) is 0 Å². The molecule has 0 atom stereocenters. The number of rotatable bonds is 11. The zero-order chi connectivity index (χ0) is 11.4. The summed E-state index contributed by atoms with van der Waals surface area (Å²) >= 11 is 0. The van der Waals surface area contributed by atoms with Crippen LogP contribution in [0, 0.1) is 0 Å². The number of hydrogen-bond donors (Lipinski definition) is 0. The van der Waals surface area contributed by atoms with Crippen molar-refractivity contribution in [2.24, 2.45) is 0 Å². The second-order valence-electron chi connectivity index (χ2n) is 4.22. The van der Waals surface area contributed by atoms with Gasteiger partial charge in [0.15, 0.2) is 0 Å². The van der Waals surface area contributed by atoms with Crippen molar-refractivity contribution >= 4 is 25.9 Å². The van der Waals surface area contributed by atoms with Crippen molar-refractivity contribution in [3.05, 3.63) is 0 Å². The highest BCUT2D eigenvalue weighted by Crippen LogP contribution is 2.09. The molecule has 5 radical (unpaired) electrons. The first kappa shape index (κ1) is 15.7. The lowest BCUT2D eigenvalue weighted by molar-refractivity contribution is 0.848. The van der Waals surface area contributed by atoms with Crippen LogP contribution in [-0.2, 0) is 0 Å². The third-order valence-corrected chi connectivity index (χ3v) is 14.2. The fourth-order valence-corrected chi connectivity index (χ4v) is 13.5. The molecule has 0 fully saturated rings. The topological polar surface area (TPSA) is 0 Å². The molecule has 0 aliphatic heterocycles. The molecule has 0 saturated heterocycles. The van der Waals surface area contributed by atoms with Crippen LogP contribution in [-0.4, -0.2) is 25.9 Å². The van der Waals surface area contributed by atoms with Gasteiger partial charge in [-0.05, 0) is 0 Å². The molecule has 0 nitrogen and oxygen atoms in total. The predicted molar refractivity (Wildman–Crippen MR) is 76.4 cm³/mol. The van der Waals surface area contributed by atoms with Crippen molar-refractivity contribution in [2.75, 3.05) is 0 Å². The monoisotopic (exact) mass is 255 g/mol. The summed E-state index contributed by atoms with van der Waals surface area (Å²) in [5, 5.41) is 0. The third-order valence-electron chi connectivity index (χ3n) is 2.58. The summed E-state index contributed by atoms with van der Waals surface area (Å²) < 4.78 is 0. The molecular formula is C12H27Si3. The molecule has 0 unspecified atom stereocenters. The van der Waals surface area contributed by atoms with Gasteiger partial charge >= 0.3 is 0 Å². The highest BCUT2D eigenvalue weighted by Gasteiger charge is 2.10. The Morgan fingerprint density at radius 3 is 1.80 bits per heavy atom. The minimum Gasteiger partial charge on any atom is -0.0654 e. The van der Waals surface area contributed by atoms with Crippen molar-refractivity contribution in [1.82, 2.24) is 0 Å². The van der Waals surface area contributed by atoms with E-state index < -0.39 is 0 Å². The molecule has 87 valence electrons. The van der Waals surface area contributed by atoms with Gasteiger partial charge in [-0.2, -0.15) is 0 Å². The fourth-order valence-electron chi connectivity index (χ4n) is 1.48.